The molecule has 0 spiro atoms. The normalized spacial score (nSPS) is 19.5. The molecule has 1 aromatic heterocycles. The van der Waals surface area contributed by atoms with Crippen molar-refractivity contribution in [1.82, 2.24) is 4.98 Å². The zero-order valence-corrected chi connectivity index (χ0v) is 9.85. The Morgan fingerprint density at radius 2 is 2.21 bits per heavy atom. The van der Waals surface area contributed by atoms with E-state index in [1.807, 2.05) is 0 Å². The lowest BCUT2D eigenvalue weighted by Gasteiger charge is -2.18. The van der Waals surface area contributed by atoms with Gasteiger partial charge >= 0.3 is 12.3 Å². The molecule has 1 fully saturated rings. The average molecular weight is 275 g/mol. The zero-order chi connectivity index (χ0) is 14.0. The number of anilines is 1. The molecule has 1 saturated heterocycles. The summed E-state index contributed by atoms with van der Waals surface area (Å²) >= 11 is 0. The lowest BCUT2D eigenvalue weighted by molar-refractivity contribution is -0.141. The second-order valence-electron chi connectivity index (χ2n) is 4.19. The molecule has 1 aliphatic rings. The topological polar surface area (TPSA) is 68.5 Å². The number of aromatic nitrogens is 1. The SMILES string of the molecule is NC(=O)OC1CCN(c2ccc(C(F)(F)F)nc2)C1. The highest BCUT2D eigenvalue weighted by Gasteiger charge is 2.32. The second kappa shape index (κ2) is 4.94. The summed E-state index contributed by atoms with van der Waals surface area (Å²) < 4.78 is 41.9. The molecule has 5 nitrogen and oxygen atoms in total. The maximum atomic E-state index is 12.4. The summed E-state index contributed by atoms with van der Waals surface area (Å²) in [5.41, 5.74) is 4.54. The highest BCUT2D eigenvalue weighted by molar-refractivity contribution is 5.65. The van der Waals surface area contributed by atoms with Crippen molar-refractivity contribution in [3.8, 4) is 0 Å². The summed E-state index contributed by atoms with van der Waals surface area (Å²) in [7, 11) is 0. The van der Waals surface area contributed by atoms with E-state index in [-0.39, 0.29) is 6.10 Å². The Morgan fingerprint density at radius 3 is 2.74 bits per heavy atom. The second-order valence-corrected chi connectivity index (χ2v) is 4.19. The predicted octanol–water partition coefficient (Wildman–Crippen LogP) is 1.77. The van der Waals surface area contributed by atoms with Crippen molar-refractivity contribution in [3.63, 3.8) is 0 Å². The number of rotatable bonds is 2. The molecule has 0 aromatic carbocycles. The van der Waals surface area contributed by atoms with Crippen LogP contribution in [0.1, 0.15) is 12.1 Å². The molecular weight excluding hydrogens is 263 g/mol. The van der Waals surface area contributed by atoms with Crippen molar-refractivity contribution in [3.05, 3.63) is 24.0 Å². The van der Waals surface area contributed by atoms with Crippen LogP contribution in [0.5, 0.6) is 0 Å². The van der Waals surface area contributed by atoms with Crippen LogP contribution in [0.2, 0.25) is 0 Å². The van der Waals surface area contributed by atoms with E-state index in [1.165, 1.54) is 6.07 Å². The molecule has 1 unspecified atom stereocenters. The summed E-state index contributed by atoms with van der Waals surface area (Å²) in [5.74, 6) is 0. The molecule has 1 aliphatic heterocycles. The van der Waals surface area contributed by atoms with Crippen LogP contribution in [0.25, 0.3) is 0 Å². The standard InChI is InChI=1S/C11H12F3N3O2/c12-11(13,14)9-2-1-7(5-16-9)17-4-3-8(6-17)19-10(15)18/h1-2,5,8H,3-4,6H2,(H2,15,18). The van der Waals surface area contributed by atoms with Crippen LogP contribution in [-0.4, -0.2) is 30.3 Å². The van der Waals surface area contributed by atoms with Gasteiger partial charge in [-0.05, 0) is 12.1 Å². The van der Waals surface area contributed by atoms with Crippen molar-refractivity contribution in [1.29, 1.82) is 0 Å². The van der Waals surface area contributed by atoms with E-state index < -0.39 is 18.0 Å². The first-order valence-electron chi connectivity index (χ1n) is 5.60. The van der Waals surface area contributed by atoms with Crippen molar-refractivity contribution in [2.45, 2.75) is 18.7 Å². The van der Waals surface area contributed by atoms with Gasteiger partial charge in [-0.3, -0.25) is 0 Å². The van der Waals surface area contributed by atoms with Gasteiger partial charge in [-0.1, -0.05) is 0 Å². The predicted molar refractivity (Wildman–Crippen MR) is 60.5 cm³/mol. The molecule has 0 saturated carbocycles. The summed E-state index contributed by atoms with van der Waals surface area (Å²) in [4.78, 5) is 15.8. The Morgan fingerprint density at radius 1 is 1.47 bits per heavy atom. The Kier molecular flexibility index (Phi) is 3.50. The van der Waals surface area contributed by atoms with Gasteiger partial charge in [0, 0.05) is 13.0 Å². The molecule has 2 heterocycles. The highest BCUT2D eigenvalue weighted by Crippen LogP contribution is 2.29. The maximum absolute atomic E-state index is 12.4. The molecule has 1 amide bonds. The van der Waals surface area contributed by atoms with Crippen molar-refractivity contribution in [2.24, 2.45) is 5.73 Å². The lowest BCUT2D eigenvalue weighted by atomic mass is 10.3. The molecule has 0 radical (unpaired) electrons. The minimum absolute atomic E-state index is 0.334. The molecular formula is C11H12F3N3O2. The van der Waals surface area contributed by atoms with E-state index in [0.29, 0.717) is 25.2 Å². The average Bonchev–Trinajstić information content (AvgIpc) is 2.75. The molecule has 2 N–H and O–H groups in total. The van der Waals surface area contributed by atoms with Crippen LogP contribution in [-0.2, 0) is 10.9 Å². The fourth-order valence-corrected chi connectivity index (χ4v) is 1.96. The van der Waals surface area contributed by atoms with Gasteiger partial charge in [0.1, 0.15) is 11.8 Å². The van der Waals surface area contributed by atoms with Crippen LogP contribution in [0.3, 0.4) is 0 Å². The number of hydrogen-bond donors (Lipinski definition) is 1. The number of halogens is 3. The summed E-state index contributed by atoms with van der Waals surface area (Å²) in [5, 5.41) is 0. The molecule has 8 heteroatoms. The Labute approximate surface area is 107 Å². The number of carbonyl (C=O) groups excluding carboxylic acids is 1. The Hall–Kier alpha value is -1.99. The van der Waals surface area contributed by atoms with Gasteiger partial charge < -0.3 is 15.4 Å². The van der Waals surface area contributed by atoms with E-state index in [4.69, 9.17) is 10.5 Å². The van der Waals surface area contributed by atoms with E-state index in [1.54, 1.807) is 4.90 Å². The van der Waals surface area contributed by atoms with Crippen LogP contribution in [0, 0.1) is 0 Å². The van der Waals surface area contributed by atoms with Crippen LogP contribution < -0.4 is 10.6 Å². The summed E-state index contributed by atoms with van der Waals surface area (Å²) in [6.07, 6.45) is -3.88. The fourth-order valence-electron chi connectivity index (χ4n) is 1.96. The minimum atomic E-state index is -4.44. The third-order valence-corrected chi connectivity index (χ3v) is 2.83. The van der Waals surface area contributed by atoms with Crippen molar-refractivity contribution < 1.29 is 22.7 Å². The number of amides is 1. The number of nitrogens with zero attached hydrogens (tertiary/aromatic N) is 2. The molecule has 0 aliphatic carbocycles. The molecule has 2 rings (SSSR count). The largest absolute Gasteiger partial charge is 0.444 e. The first-order valence-corrected chi connectivity index (χ1v) is 5.60. The number of nitrogens with two attached hydrogens (primary N) is 1. The Bertz CT molecular complexity index is 461. The van der Waals surface area contributed by atoms with Gasteiger partial charge in [0.2, 0.25) is 0 Å². The number of primary amides is 1. The molecule has 19 heavy (non-hydrogen) atoms. The van der Waals surface area contributed by atoms with Crippen LogP contribution >= 0.6 is 0 Å². The highest BCUT2D eigenvalue weighted by atomic mass is 19.4. The number of ether oxygens (including phenoxy) is 1. The van der Waals surface area contributed by atoms with Gasteiger partial charge in [0.15, 0.2) is 0 Å². The first-order chi connectivity index (χ1) is 8.86. The van der Waals surface area contributed by atoms with Crippen LogP contribution in [0.4, 0.5) is 23.7 Å². The van der Waals surface area contributed by atoms with Gasteiger partial charge in [0.25, 0.3) is 0 Å². The molecule has 0 bridgehead atoms. The molecule has 104 valence electrons. The number of alkyl halides is 3. The van der Waals surface area contributed by atoms with E-state index in [0.717, 1.165) is 12.3 Å². The van der Waals surface area contributed by atoms with E-state index >= 15 is 0 Å². The minimum Gasteiger partial charge on any atom is -0.444 e. The van der Waals surface area contributed by atoms with E-state index in [2.05, 4.69) is 4.98 Å². The number of hydrogen-bond acceptors (Lipinski definition) is 4. The van der Waals surface area contributed by atoms with Gasteiger partial charge in [-0.2, -0.15) is 13.2 Å². The summed E-state index contributed by atoms with van der Waals surface area (Å²) in [6.45, 7) is 0.973. The van der Waals surface area contributed by atoms with Gasteiger partial charge in [0.05, 0.1) is 18.4 Å². The van der Waals surface area contributed by atoms with Gasteiger partial charge in [-0.25, -0.2) is 9.78 Å². The molecule has 1 atom stereocenters. The number of carbonyl (C=O) groups is 1. The van der Waals surface area contributed by atoms with Crippen LogP contribution in [0.15, 0.2) is 18.3 Å². The third-order valence-electron chi connectivity index (χ3n) is 2.83. The quantitative estimate of drug-likeness (QED) is 0.893. The van der Waals surface area contributed by atoms with E-state index in [9.17, 15) is 18.0 Å². The van der Waals surface area contributed by atoms with Crippen molar-refractivity contribution >= 4 is 11.8 Å². The van der Waals surface area contributed by atoms with Gasteiger partial charge in [-0.15, -0.1) is 0 Å². The van der Waals surface area contributed by atoms with Crippen molar-refractivity contribution in [2.75, 3.05) is 18.0 Å². The third kappa shape index (κ3) is 3.27. The Balaban J connectivity index is 2.02. The number of pyridine rings is 1. The maximum Gasteiger partial charge on any atom is 0.433 e. The zero-order valence-electron chi connectivity index (χ0n) is 9.85. The lowest BCUT2D eigenvalue weighted by Crippen LogP contribution is -2.27. The summed E-state index contributed by atoms with van der Waals surface area (Å²) in [6, 6.07) is 2.28. The molecule has 1 aromatic rings. The smallest absolute Gasteiger partial charge is 0.433 e. The fraction of sp³-hybridized carbons (Fsp3) is 0.455. The first kappa shape index (κ1) is 13.4. The monoisotopic (exact) mass is 275 g/mol.